The Hall–Kier alpha value is -1.30. The minimum atomic E-state index is -0.662. The topological polar surface area (TPSA) is 52.3 Å². The Balaban J connectivity index is 2.15. The van der Waals surface area contributed by atoms with E-state index in [9.17, 15) is 9.18 Å². The maximum absolute atomic E-state index is 13.0. The Morgan fingerprint density at radius 2 is 2.00 bits per heavy atom. The van der Waals surface area contributed by atoms with Crippen LogP contribution in [0, 0.1) is 5.82 Å². The van der Waals surface area contributed by atoms with Gasteiger partial charge in [0.05, 0.1) is 15.6 Å². The standard InChI is InChI=1S/C14H9BrCl2FNO2/c15-11-3-8(18)2-1-7(11)6-21-14(20)10-4-9(19)5-12(16)13(10)17/h1-5H,6,19H2. The first-order valence-electron chi connectivity index (χ1n) is 5.74. The fourth-order valence-corrected chi connectivity index (χ4v) is 2.50. The molecule has 21 heavy (non-hydrogen) atoms. The van der Waals surface area contributed by atoms with Crippen LogP contribution in [0.1, 0.15) is 15.9 Å². The summed E-state index contributed by atoms with van der Waals surface area (Å²) in [5, 5.41) is 0.251. The number of rotatable bonds is 3. The van der Waals surface area contributed by atoms with Crippen LogP contribution in [0.4, 0.5) is 10.1 Å². The van der Waals surface area contributed by atoms with E-state index in [0.29, 0.717) is 15.7 Å². The molecule has 0 saturated heterocycles. The number of carbonyl (C=O) groups excluding carboxylic acids is 1. The van der Waals surface area contributed by atoms with Gasteiger partial charge in [-0.05, 0) is 24.3 Å². The van der Waals surface area contributed by atoms with Crippen LogP contribution in [-0.4, -0.2) is 5.97 Å². The monoisotopic (exact) mass is 391 g/mol. The van der Waals surface area contributed by atoms with Crippen LogP contribution in [0.2, 0.25) is 10.0 Å². The van der Waals surface area contributed by atoms with Gasteiger partial charge in [0.2, 0.25) is 0 Å². The minimum Gasteiger partial charge on any atom is -0.457 e. The van der Waals surface area contributed by atoms with Crippen molar-refractivity contribution in [2.45, 2.75) is 6.61 Å². The second-order valence-electron chi connectivity index (χ2n) is 4.18. The molecule has 0 bridgehead atoms. The molecule has 0 atom stereocenters. The van der Waals surface area contributed by atoms with Gasteiger partial charge in [0, 0.05) is 15.7 Å². The van der Waals surface area contributed by atoms with Crippen LogP contribution in [0.15, 0.2) is 34.8 Å². The predicted octanol–water partition coefficient (Wildman–Crippen LogP) is 4.83. The molecule has 0 spiro atoms. The van der Waals surface area contributed by atoms with E-state index in [1.807, 2.05) is 0 Å². The molecule has 7 heteroatoms. The van der Waals surface area contributed by atoms with E-state index in [4.69, 9.17) is 33.7 Å². The summed E-state index contributed by atoms with van der Waals surface area (Å²) in [6.45, 7) is -0.0392. The first-order valence-corrected chi connectivity index (χ1v) is 7.29. The Morgan fingerprint density at radius 3 is 2.67 bits per heavy atom. The summed E-state index contributed by atoms with van der Waals surface area (Å²) in [6.07, 6.45) is 0. The largest absolute Gasteiger partial charge is 0.457 e. The van der Waals surface area contributed by atoms with Crippen molar-refractivity contribution < 1.29 is 13.9 Å². The lowest BCUT2D eigenvalue weighted by Crippen LogP contribution is -2.07. The lowest BCUT2D eigenvalue weighted by Gasteiger charge is -2.09. The second kappa shape index (κ2) is 6.64. The van der Waals surface area contributed by atoms with Gasteiger partial charge in [0.1, 0.15) is 12.4 Å². The molecule has 0 radical (unpaired) electrons. The van der Waals surface area contributed by atoms with Gasteiger partial charge in [0.15, 0.2) is 0 Å². The summed E-state index contributed by atoms with van der Waals surface area (Å²) in [5.74, 6) is -1.05. The van der Waals surface area contributed by atoms with Crippen molar-refractivity contribution >= 4 is 50.8 Å². The maximum Gasteiger partial charge on any atom is 0.340 e. The highest BCUT2D eigenvalue weighted by atomic mass is 79.9. The number of nitrogen functional groups attached to an aromatic ring is 1. The maximum atomic E-state index is 13.0. The molecule has 2 aromatic carbocycles. The Morgan fingerprint density at radius 1 is 1.29 bits per heavy atom. The molecule has 110 valence electrons. The van der Waals surface area contributed by atoms with Crippen molar-refractivity contribution in [2.75, 3.05) is 5.73 Å². The molecule has 0 amide bonds. The smallest absolute Gasteiger partial charge is 0.340 e. The zero-order chi connectivity index (χ0) is 15.6. The fourth-order valence-electron chi connectivity index (χ4n) is 1.62. The number of carbonyl (C=O) groups is 1. The summed E-state index contributed by atoms with van der Waals surface area (Å²) in [5.41, 5.74) is 6.62. The summed E-state index contributed by atoms with van der Waals surface area (Å²) in [6, 6.07) is 6.90. The summed E-state index contributed by atoms with van der Waals surface area (Å²) < 4.78 is 18.6. The Bertz CT molecular complexity index is 710. The van der Waals surface area contributed by atoms with E-state index in [2.05, 4.69) is 15.9 Å². The van der Waals surface area contributed by atoms with E-state index in [1.54, 1.807) is 0 Å². The minimum absolute atomic E-state index is 0.0392. The third kappa shape index (κ3) is 3.87. The lowest BCUT2D eigenvalue weighted by molar-refractivity contribution is 0.0472. The predicted molar refractivity (Wildman–Crippen MR) is 84.1 cm³/mol. The molecular weight excluding hydrogens is 384 g/mol. The molecule has 0 saturated carbocycles. The summed E-state index contributed by atoms with van der Waals surface area (Å²) in [4.78, 5) is 12.0. The zero-order valence-corrected chi connectivity index (χ0v) is 13.6. The van der Waals surface area contributed by atoms with Crippen LogP contribution in [0.3, 0.4) is 0 Å². The first kappa shape index (κ1) is 16.1. The van der Waals surface area contributed by atoms with Crippen molar-refractivity contribution in [2.24, 2.45) is 0 Å². The third-order valence-corrected chi connectivity index (χ3v) is 4.18. The summed E-state index contributed by atoms with van der Waals surface area (Å²) in [7, 11) is 0. The van der Waals surface area contributed by atoms with Crippen LogP contribution >= 0.6 is 39.1 Å². The van der Waals surface area contributed by atoms with Gasteiger partial charge < -0.3 is 10.5 Å². The molecule has 2 aromatic rings. The average Bonchev–Trinajstić information content (AvgIpc) is 2.41. The van der Waals surface area contributed by atoms with Gasteiger partial charge in [-0.2, -0.15) is 0 Å². The number of halogens is 4. The van der Waals surface area contributed by atoms with Gasteiger partial charge in [-0.25, -0.2) is 9.18 Å². The van der Waals surface area contributed by atoms with E-state index in [0.717, 1.165) is 0 Å². The molecule has 0 fully saturated rings. The van der Waals surface area contributed by atoms with E-state index in [-0.39, 0.29) is 28.0 Å². The number of benzene rings is 2. The normalized spacial score (nSPS) is 10.5. The van der Waals surface area contributed by atoms with E-state index < -0.39 is 5.97 Å². The Labute approximate surface area is 138 Å². The van der Waals surface area contributed by atoms with Crippen LogP contribution in [0.5, 0.6) is 0 Å². The van der Waals surface area contributed by atoms with Crippen molar-refractivity contribution in [3.63, 3.8) is 0 Å². The fraction of sp³-hybridized carbons (Fsp3) is 0.0714. The lowest BCUT2D eigenvalue weighted by atomic mass is 10.2. The summed E-state index contributed by atoms with van der Waals surface area (Å²) >= 11 is 15.0. The van der Waals surface area contributed by atoms with Crippen LogP contribution < -0.4 is 5.73 Å². The van der Waals surface area contributed by atoms with Gasteiger partial charge in [0.25, 0.3) is 0 Å². The SMILES string of the molecule is Nc1cc(Cl)c(Cl)c(C(=O)OCc2ccc(F)cc2Br)c1. The highest BCUT2D eigenvalue weighted by Gasteiger charge is 2.16. The number of anilines is 1. The van der Waals surface area contributed by atoms with Crippen molar-refractivity contribution in [1.29, 1.82) is 0 Å². The van der Waals surface area contributed by atoms with Crippen LogP contribution in [0.25, 0.3) is 0 Å². The van der Waals surface area contributed by atoms with Crippen molar-refractivity contribution in [3.8, 4) is 0 Å². The Kier molecular flexibility index (Phi) is 5.08. The van der Waals surface area contributed by atoms with Crippen molar-refractivity contribution in [1.82, 2.24) is 0 Å². The zero-order valence-electron chi connectivity index (χ0n) is 10.5. The van der Waals surface area contributed by atoms with E-state index >= 15 is 0 Å². The van der Waals surface area contributed by atoms with Gasteiger partial charge >= 0.3 is 5.97 Å². The third-order valence-electron chi connectivity index (χ3n) is 2.64. The van der Waals surface area contributed by atoms with Gasteiger partial charge in [-0.3, -0.25) is 0 Å². The molecule has 2 rings (SSSR count). The molecule has 0 heterocycles. The molecule has 0 aromatic heterocycles. The molecule has 0 aliphatic carbocycles. The molecule has 0 aliphatic heterocycles. The first-order chi connectivity index (χ1) is 9.88. The number of esters is 1. The number of nitrogens with two attached hydrogens (primary N) is 1. The van der Waals surface area contributed by atoms with Gasteiger partial charge in [-0.1, -0.05) is 45.2 Å². The highest BCUT2D eigenvalue weighted by Crippen LogP contribution is 2.29. The number of hydrogen-bond donors (Lipinski definition) is 1. The molecule has 0 aliphatic rings. The number of ether oxygens (including phenoxy) is 1. The molecule has 2 N–H and O–H groups in total. The van der Waals surface area contributed by atoms with Crippen molar-refractivity contribution in [3.05, 3.63) is 61.8 Å². The van der Waals surface area contributed by atoms with E-state index in [1.165, 1.54) is 30.3 Å². The van der Waals surface area contributed by atoms with Crippen LogP contribution in [-0.2, 0) is 11.3 Å². The number of hydrogen-bond acceptors (Lipinski definition) is 3. The highest BCUT2D eigenvalue weighted by molar-refractivity contribution is 9.10. The van der Waals surface area contributed by atoms with Gasteiger partial charge in [-0.15, -0.1) is 0 Å². The molecule has 3 nitrogen and oxygen atoms in total. The quantitative estimate of drug-likeness (QED) is 0.600. The second-order valence-corrected chi connectivity index (χ2v) is 5.82. The molecule has 0 unspecified atom stereocenters. The molecular formula is C14H9BrCl2FNO2. The average molecular weight is 393 g/mol.